The molecule has 0 bridgehead atoms. The van der Waals surface area contributed by atoms with Gasteiger partial charge in [0.05, 0.1) is 12.2 Å². The third-order valence-corrected chi connectivity index (χ3v) is 2.64. The lowest BCUT2D eigenvalue weighted by Crippen LogP contribution is -2.20. The fraction of sp³-hybridized carbons (Fsp3) is 0.286. The molecule has 0 unspecified atom stereocenters. The van der Waals surface area contributed by atoms with Crippen LogP contribution in [0.25, 0.3) is 0 Å². The van der Waals surface area contributed by atoms with Gasteiger partial charge in [0.2, 0.25) is 5.95 Å². The van der Waals surface area contributed by atoms with Gasteiger partial charge in [-0.2, -0.15) is 5.26 Å². The zero-order valence-corrected chi connectivity index (χ0v) is 11.3. The molecule has 0 N–H and O–H groups in total. The average Bonchev–Trinajstić information content (AvgIpc) is 2.38. The van der Waals surface area contributed by atoms with Crippen LogP contribution in [0.3, 0.4) is 0 Å². The van der Waals surface area contributed by atoms with Crippen molar-refractivity contribution in [1.29, 1.82) is 5.26 Å². The zero-order chi connectivity index (χ0) is 13.8. The topological polar surface area (TPSA) is 65.7 Å². The van der Waals surface area contributed by atoms with Crippen LogP contribution in [0.4, 0.5) is 5.95 Å². The van der Waals surface area contributed by atoms with Gasteiger partial charge in [0.25, 0.3) is 0 Å². The van der Waals surface area contributed by atoms with E-state index in [1.165, 1.54) is 0 Å². The highest BCUT2D eigenvalue weighted by Crippen LogP contribution is 2.11. The molecule has 0 amide bonds. The van der Waals surface area contributed by atoms with Crippen molar-refractivity contribution < 1.29 is 0 Å². The molecule has 0 aromatic carbocycles. The summed E-state index contributed by atoms with van der Waals surface area (Å²) in [7, 11) is 1.89. The van der Waals surface area contributed by atoms with Crippen LogP contribution in [-0.2, 0) is 6.54 Å². The van der Waals surface area contributed by atoms with Crippen LogP contribution in [-0.4, -0.2) is 22.0 Å². The van der Waals surface area contributed by atoms with Crippen molar-refractivity contribution in [3.05, 3.63) is 47.0 Å². The van der Waals surface area contributed by atoms with E-state index in [0.717, 1.165) is 17.1 Å². The monoisotopic (exact) mass is 253 g/mol. The molecule has 2 aromatic rings. The molecule has 0 aliphatic rings. The van der Waals surface area contributed by atoms with Gasteiger partial charge in [-0.3, -0.25) is 4.98 Å². The second-order valence-corrected chi connectivity index (χ2v) is 4.43. The van der Waals surface area contributed by atoms with E-state index in [1.54, 1.807) is 6.07 Å². The molecule has 0 saturated heterocycles. The van der Waals surface area contributed by atoms with E-state index in [9.17, 15) is 0 Å². The van der Waals surface area contributed by atoms with E-state index in [1.807, 2.05) is 50.1 Å². The molecular weight excluding hydrogens is 238 g/mol. The number of aryl methyl sites for hydroxylation is 2. The number of aromatic nitrogens is 3. The molecule has 0 spiro atoms. The number of pyridine rings is 1. The number of anilines is 1. The molecule has 0 radical (unpaired) electrons. The highest BCUT2D eigenvalue weighted by molar-refractivity contribution is 5.35. The van der Waals surface area contributed by atoms with Crippen LogP contribution in [0.1, 0.15) is 22.8 Å². The van der Waals surface area contributed by atoms with Crippen molar-refractivity contribution in [1.82, 2.24) is 15.0 Å². The maximum absolute atomic E-state index is 8.92. The number of nitrogens with zero attached hydrogens (tertiary/aromatic N) is 5. The molecule has 19 heavy (non-hydrogen) atoms. The first kappa shape index (κ1) is 13.0. The van der Waals surface area contributed by atoms with Crippen LogP contribution in [0.2, 0.25) is 0 Å². The van der Waals surface area contributed by atoms with Crippen molar-refractivity contribution in [2.75, 3.05) is 11.9 Å². The molecule has 0 atom stereocenters. The Morgan fingerprint density at radius 1 is 1.16 bits per heavy atom. The molecule has 2 aromatic heterocycles. The van der Waals surface area contributed by atoms with Gasteiger partial charge in [0.15, 0.2) is 0 Å². The lowest BCUT2D eigenvalue weighted by molar-refractivity contribution is 0.829. The summed E-state index contributed by atoms with van der Waals surface area (Å²) in [5.74, 6) is 0.542. The van der Waals surface area contributed by atoms with Crippen LogP contribution >= 0.6 is 0 Å². The number of nitriles is 1. The van der Waals surface area contributed by atoms with Crippen molar-refractivity contribution in [3.8, 4) is 6.07 Å². The summed E-state index contributed by atoms with van der Waals surface area (Å²) in [4.78, 5) is 14.9. The summed E-state index contributed by atoms with van der Waals surface area (Å²) in [6, 6.07) is 9.61. The zero-order valence-electron chi connectivity index (χ0n) is 11.3. The number of hydrogen-bond acceptors (Lipinski definition) is 5. The van der Waals surface area contributed by atoms with Gasteiger partial charge in [-0.25, -0.2) is 9.97 Å². The molecule has 5 nitrogen and oxygen atoms in total. The third kappa shape index (κ3) is 3.26. The largest absolute Gasteiger partial charge is 0.338 e. The number of hydrogen-bond donors (Lipinski definition) is 0. The number of rotatable bonds is 3. The van der Waals surface area contributed by atoms with Gasteiger partial charge in [-0.1, -0.05) is 6.07 Å². The predicted octanol–water partition coefficient (Wildman–Crippen LogP) is 2.00. The summed E-state index contributed by atoms with van der Waals surface area (Å²) in [5.41, 5.74) is 3.09. The minimum Gasteiger partial charge on any atom is -0.338 e. The van der Waals surface area contributed by atoms with Crippen LogP contribution in [0.5, 0.6) is 0 Å². The Morgan fingerprint density at radius 3 is 2.63 bits per heavy atom. The molecule has 5 heteroatoms. The second kappa shape index (κ2) is 5.44. The van der Waals surface area contributed by atoms with Crippen molar-refractivity contribution in [2.24, 2.45) is 0 Å². The van der Waals surface area contributed by atoms with Gasteiger partial charge in [-0.05, 0) is 32.0 Å². The summed E-state index contributed by atoms with van der Waals surface area (Å²) in [6.07, 6.45) is 0. The molecule has 0 saturated carbocycles. The minimum atomic E-state index is 0.381. The summed E-state index contributed by atoms with van der Waals surface area (Å²) >= 11 is 0. The average molecular weight is 253 g/mol. The highest BCUT2D eigenvalue weighted by Gasteiger charge is 2.08. The smallest absolute Gasteiger partial charge is 0.226 e. The minimum absolute atomic E-state index is 0.381. The summed E-state index contributed by atoms with van der Waals surface area (Å²) in [5, 5.41) is 8.92. The molecular formula is C14H15N5. The lowest BCUT2D eigenvalue weighted by atomic mass is 10.3. The van der Waals surface area contributed by atoms with E-state index in [2.05, 4.69) is 15.0 Å². The molecule has 0 aliphatic carbocycles. The van der Waals surface area contributed by atoms with Gasteiger partial charge >= 0.3 is 0 Å². The van der Waals surface area contributed by atoms with Crippen LogP contribution in [0, 0.1) is 25.2 Å². The normalized spacial score (nSPS) is 10.0. The fourth-order valence-electron chi connectivity index (χ4n) is 1.78. The third-order valence-electron chi connectivity index (χ3n) is 2.64. The molecule has 0 aliphatic heterocycles. The van der Waals surface area contributed by atoms with E-state index >= 15 is 0 Å². The van der Waals surface area contributed by atoms with Crippen LogP contribution in [0.15, 0.2) is 24.3 Å². The van der Waals surface area contributed by atoms with Gasteiger partial charge in [0.1, 0.15) is 11.8 Å². The van der Waals surface area contributed by atoms with Crippen molar-refractivity contribution in [3.63, 3.8) is 0 Å². The first-order valence-corrected chi connectivity index (χ1v) is 5.98. The maximum Gasteiger partial charge on any atom is 0.226 e. The molecule has 2 heterocycles. The van der Waals surface area contributed by atoms with Crippen molar-refractivity contribution in [2.45, 2.75) is 20.4 Å². The second-order valence-electron chi connectivity index (χ2n) is 4.43. The Labute approximate surface area is 112 Å². The van der Waals surface area contributed by atoms with E-state index < -0.39 is 0 Å². The Kier molecular flexibility index (Phi) is 3.71. The molecule has 96 valence electrons. The Morgan fingerprint density at radius 2 is 1.95 bits per heavy atom. The van der Waals surface area contributed by atoms with E-state index in [0.29, 0.717) is 18.2 Å². The van der Waals surface area contributed by atoms with Gasteiger partial charge in [-0.15, -0.1) is 0 Å². The van der Waals surface area contributed by atoms with Gasteiger partial charge < -0.3 is 4.90 Å². The Hall–Kier alpha value is -2.48. The predicted molar refractivity (Wildman–Crippen MR) is 72.6 cm³/mol. The summed E-state index contributed by atoms with van der Waals surface area (Å²) in [6.45, 7) is 4.42. The standard InChI is InChI=1S/C14H15N5/c1-10-5-4-6-12(16-10)9-19(3)14-17-11(2)7-13(8-15)18-14/h4-7H,9H2,1-3H3. The molecule has 2 rings (SSSR count). The van der Waals surface area contributed by atoms with Crippen molar-refractivity contribution >= 4 is 5.95 Å². The molecule has 0 fully saturated rings. The highest BCUT2D eigenvalue weighted by atomic mass is 15.2. The quantitative estimate of drug-likeness (QED) is 0.837. The maximum atomic E-state index is 8.92. The van der Waals surface area contributed by atoms with E-state index in [4.69, 9.17) is 5.26 Å². The fourth-order valence-corrected chi connectivity index (χ4v) is 1.78. The lowest BCUT2D eigenvalue weighted by Gasteiger charge is -2.17. The summed E-state index contributed by atoms with van der Waals surface area (Å²) < 4.78 is 0. The van der Waals surface area contributed by atoms with Gasteiger partial charge in [0, 0.05) is 18.4 Å². The first-order chi connectivity index (χ1) is 9.08. The SMILES string of the molecule is Cc1cccc(CN(C)c2nc(C)cc(C#N)n2)n1. The van der Waals surface area contributed by atoms with Crippen LogP contribution < -0.4 is 4.90 Å². The Bertz CT molecular complexity index is 630. The Balaban J connectivity index is 2.23. The first-order valence-electron chi connectivity index (χ1n) is 5.98. The van der Waals surface area contributed by atoms with E-state index in [-0.39, 0.29) is 0 Å².